The van der Waals surface area contributed by atoms with Crippen molar-refractivity contribution in [3.05, 3.63) is 44.6 Å². The number of nitrogens with zero attached hydrogens (tertiary/aromatic N) is 2. The summed E-state index contributed by atoms with van der Waals surface area (Å²) in [6, 6.07) is 3.65. The van der Waals surface area contributed by atoms with E-state index in [1.54, 1.807) is 0 Å². The predicted molar refractivity (Wildman–Crippen MR) is 118 cm³/mol. The van der Waals surface area contributed by atoms with Gasteiger partial charge in [-0.3, -0.25) is 19.1 Å². The van der Waals surface area contributed by atoms with Crippen molar-refractivity contribution in [2.24, 2.45) is 5.92 Å². The van der Waals surface area contributed by atoms with Crippen molar-refractivity contribution in [2.45, 2.75) is 33.4 Å². The van der Waals surface area contributed by atoms with Gasteiger partial charge in [-0.1, -0.05) is 13.8 Å². The molecule has 1 amide bonds. The first-order chi connectivity index (χ1) is 15.6. The Kier molecular flexibility index (Phi) is 8.97. The van der Waals surface area contributed by atoms with Crippen molar-refractivity contribution in [2.75, 3.05) is 38.0 Å². The van der Waals surface area contributed by atoms with Gasteiger partial charge in [-0.25, -0.2) is 4.79 Å². The SMILES string of the molecule is COCCCN(C(=O)c1ccc(OC(F)F)c(OC)c1)c1c(N)n(CC(C)C)c(=O)[nH]c1=O. The van der Waals surface area contributed by atoms with Gasteiger partial charge in [0.25, 0.3) is 11.5 Å². The average Bonchev–Trinajstić information content (AvgIpc) is 2.74. The second kappa shape index (κ2) is 11.5. The molecule has 182 valence electrons. The number of hydrogen-bond donors (Lipinski definition) is 2. The fourth-order valence-electron chi connectivity index (χ4n) is 3.22. The molecule has 0 aliphatic rings. The molecule has 3 N–H and O–H groups in total. The van der Waals surface area contributed by atoms with Gasteiger partial charge < -0.3 is 24.8 Å². The summed E-state index contributed by atoms with van der Waals surface area (Å²) in [4.78, 5) is 41.7. The number of nitrogens with one attached hydrogen (secondary N) is 1. The maximum absolute atomic E-state index is 13.4. The molecule has 12 heteroatoms. The second-order valence-electron chi connectivity index (χ2n) is 7.54. The Morgan fingerprint density at radius 3 is 2.48 bits per heavy atom. The molecular formula is C21H28F2N4O6. The topological polar surface area (TPSA) is 129 Å². The first-order valence-electron chi connectivity index (χ1n) is 10.2. The molecule has 1 aromatic carbocycles. The molecule has 0 aliphatic carbocycles. The number of carbonyl (C=O) groups is 1. The van der Waals surface area contributed by atoms with Crippen LogP contribution in [0.4, 0.5) is 20.3 Å². The number of anilines is 2. The van der Waals surface area contributed by atoms with Gasteiger partial charge in [-0.2, -0.15) is 8.78 Å². The number of aromatic nitrogens is 2. The van der Waals surface area contributed by atoms with Gasteiger partial charge >= 0.3 is 12.3 Å². The van der Waals surface area contributed by atoms with Crippen molar-refractivity contribution < 1.29 is 27.8 Å². The van der Waals surface area contributed by atoms with Crippen LogP contribution in [-0.4, -0.2) is 49.4 Å². The quantitative estimate of drug-likeness (QED) is 0.481. The van der Waals surface area contributed by atoms with E-state index in [2.05, 4.69) is 9.72 Å². The lowest BCUT2D eigenvalue weighted by Crippen LogP contribution is -2.42. The fraction of sp³-hybridized carbons (Fsp3) is 0.476. The molecule has 0 unspecified atom stereocenters. The summed E-state index contributed by atoms with van der Waals surface area (Å²) in [5, 5.41) is 0. The number of nitrogens with two attached hydrogens (primary N) is 1. The van der Waals surface area contributed by atoms with Crippen LogP contribution in [0.3, 0.4) is 0 Å². The molecule has 1 aromatic heterocycles. The van der Waals surface area contributed by atoms with E-state index in [4.69, 9.17) is 15.2 Å². The number of rotatable bonds is 11. The number of amides is 1. The Morgan fingerprint density at radius 1 is 1.21 bits per heavy atom. The maximum Gasteiger partial charge on any atom is 0.387 e. The number of methoxy groups -OCH3 is 2. The number of ether oxygens (including phenoxy) is 3. The first-order valence-corrected chi connectivity index (χ1v) is 10.2. The van der Waals surface area contributed by atoms with E-state index < -0.39 is 23.8 Å². The molecule has 1 heterocycles. The van der Waals surface area contributed by atoms with Crippen LogP contribution in [0.1, 0.15) is 30.6 Å². The molecule has 0 aliphatic heterocycles. The Bertz CT molecular complexity index is 1080. The molecule has 10 nitrogen and oxygen atoms in total. The maximum atomic E-state index is 13.4. The molecule has 2 rings (SSSR count). The lowest BCUT2D eigenvalue weighted by atomic mass is 10.1. The summed E-state index contributed by atoms with van der Waals surface area (Å²) in [6.45, 7) is 1.21. The van der Waals surface area contributed by atoms with Gasteiger partial charge in [0, 0.05) is 32.4 Å². The molecule has 0 atom stereocenters. The third-order valence-corrected chi connectivity index (χ3v) is 4.63. The number of hydrogen-bond acceptors (Lipinski definition) is 7. The van der Waals surface area contributed by atoms with Gasteiger partial charge in [0.15, 0.2) is 17.2 Å². The van der Waals surface area contributed by atoms with Gasteiger partial charge in [0.1, 0.15) is 5.82 Å². The summed E-state index contributed by atoms with van der Waals surface area (Å²) in [5.74, 6) is -1.12. The van der Waals surface area contributed by atoms with Crippen molar-refractivity contribution in [1.29, 1.82) is 0 Å². The minimum Gasteiger partial charge on any atom is -0.493 e. The van der Waals surface area contributed by atoms with E-state index in [-0.39, 0.29) is 54.2 Å². The Hall–Kier alpha value is -3.41. The molecule has 0 saturated carbocycles. The third kappa shape index (κ3) is 6.31. The molecule has 2 aromatic rings. The van der Waals surface area contributed by atoms with Gasteiger partial charge in [-0.15, -0.1) is 0 Å². The monoisotopic (exact) mass is 470 g/mol. The zero-order valence-electron chi connectivity index (χ0n) is 18.9. The Morgan fingerprint density at radius 2 is 1.91 bits per heavy atom. The predicted octanol–water partition coefficient (Wildman–Crippen LogP) is 2.07. The van der Waals surface area contributed by atoms with E-state index in [0.29, 0.717) is 6.42 Å². The van der Waals surface area contributed by atoms with E-state index in [9.17, 15) is 23.2 Å². The molecule has 0 saturated heterocycles. The molecule has 0 radical (unpaired) electrons. The highest BCUT2D eigenvalue weighted by Crippen LogP contribution is 2.31. The number of nitrogen functional groups attached to an aromatic ring is 1. The minimum absolute atomic E-state index is 0.0336. The average molecular weight is 470 g/mol. The van der Waals surface area contributed by atoms with Crippen molar-refractivity contribution >= 4 is 17.4 Å². The molecule has 0 spiro atoms. The highest BCUT2D eigenvalue weighted by molar-refractivity contribution is 6.07. The smallest absolute Gasteiger partial charge is 0.387 e. The highest BCUT2D eigenvalue weighted by Gasteiger charge is 2.26. The van der Waals surface area contributed by atoms with Crippen LogP contribution in [0.15, 0.2) is 27.8 Å². The highest BCUT2D eigenvalue weighted by atomic mass is 19.3. The zero-order chi connectivity index (χ0) is 24.7. The Labute approximate surface area is 188 Å². The second-order valence-corrected chi connectivity index (χ2v) is 7.54. The van der Waals surface area contributed by atoms with Crippen molar-refractivity contribution in [3.63, 3.8) is 0 Å². The summed E-state index contributed by atoms with van der Waals surface area (Å²) in [6.07, 6.45) is 0.355. The summed E-state index contributed by atoms with van der Waals surface area (Å²) in [7, 11) is 2.73. The van der Waals surface area contributed by atoms with E-state index in [1.807, 2.05) is 13.8 Å². The molecular weight excluding hydrogens is 442 g/mol. The summed E-state index contributed by atoms with van der Waals surface area (Å²) < 4.78 is 40.9. The normalized spacial score (nSPS) is 11.2. The summed E-state index contributed by atoms with van der Waals surface area (Å²) >= 11 is 0. The lowest BCUT2D eigenvalue weighted by molar-refractivity contribution is -0.0512. The number of H-pyrrole nitrogens is 1. The van der Waals surface area contributed by atoms with E-state index in [1.165, 1.54) is 37.0 Å². The van der Waals surface area contributed by atoms with Crippen LogP contribution >= 0.6 is 0 Å². The van der Waals surface area contributed by atoms with Crippen LogP contribution < -0.4 is 31.4 Å². The van der Waals surface area contributed by atoms with Crippen LogP contribution in [0.25, 0.3) is 0 Å². The summed E-state index contributed by atoms with van der Waals surface area (Å²) in [5.41, 5.74) is 4.51. The number of alkyl halides is 2. The van der Waals surface area contributed by atoms with Crippen molar-refractivity contribution in [1.82, 2.24) is 9.55 Å². The first kappa shape index (κ1) is 25.8. The standard InChI is InChI=1S/C21H28F2N4O6/c1-12(2)11-27-17(24)16(18(28)25-21(27)30)26(8-5-9-31-3)19(29)13-6-7-14(33-20(22)23)15(10-13)32-4/h6-7,10,12,20H,5,8-9,11,24H2,1-4H3,(H,25,28,30). The molecule has 33 heavy (non-hydrogen) atoms. The van der Waals surface area contributed by atoms with E-state index >= 15 is 0 Å². The van der Waals surface area contributed by atoms with Crippen LogP contribution in [0.2, 0.25) is 0 Å². The van der Waals surface area contributed by atoms with E-state index in [0.717, 1.165) is 4.90 Å². The largest absolute Gasteiger partial charge is 0.493 e. The minimum atomic E-state index is -3.08. The zero-order valence-corrected chi connectivity index (χ0v) is 18.9. The Balaban J connectivity index is 2.59. The van der Waals surface area contributed by atoms with Crippen LogP contribution in [-0.2, 0) is 11.3 Å². The number of carbonyl (C=O) groups excluding carboxylic acids is 1. The lowest BCUT2D eigenvalue weighted by Gasteiger charge is -2.25. The van der Waals surface area contributed by atoms with Gasteiger partial charge in [0.05, 0.1) is 7.11 Å². The van der Waals surface area contributed by atoms with Crippen molar-refractivity contribution in [3.8, 4) is 11.5 Å². The van der Waals surface area contributed by atoms with Gasteiger partial charge in [0.2, 0.25) is 0 Å². The van der Waals surface area contributed by atoms with Crippen LogP contribution in [0, 0.1) is 5.92 Å². The number of halogens is 2. The van der Waals surface area contributed by atoms with Gasteiger partial charge in [-0.05, 0) is 30.5 Å². The number of benzene rings is 1. The third-order valence-electron chi connectivity index (χ3n) is 4.63. The molecule has 0 bridgehead atoms. The molecule has 0 fully saturated rings. The van der Waals surface area contributed by atoms with Crippen LogP contribution in [0.5, 0.6) is 11.5 Å². The fourth-order valence-corrected chi connectivity index (χ4v) is 3.22. The number of aromatic amines is 1.